The van der Waals surface area contributed by atoms with Crippen LogP contribution in [0.1, 0.15) is 50.5 Å². The van der Waals surface area contributed by atoms with Crippen molar-refractivity contribution < 1.29 is 0 Å². The first-order chi connectivity index (χ1) is 8.18. The Morgan fingerprint density at radius 2 is 2.06 bits per heavy atom. The van der Waals surface area contributed by atoms with E-state index >= 15 is 0 Å². The highest BCUT2D eigenvalue weighted by Crippen LogP contribution is 2.34. The number of hydrogen-bond acceptors (Lipinski definition) is 3. The molecule has 1 aliphatic rings. The summed E-state index contributed by atoms with van der Waals surface area (Å²) in [6.45, 7) is 6.31. The van der Waals surface area contributed by atoms with Gasteiger partial charge in [0, 0.05) is 19.3 Å². The maximum Gasteiger partial charge on any atom is 0.125 e. The number of nitrogens with zero attached hydrogens (tertiary/aromatic N) is 2. The fourth-order valence-electron chi connectivity index (χ4n) is 2.68. The number of hydrogen-bond donors (Lipinski definition) is 1. The fourth-order valence-corrected chi connectivity index (χ4v) is 2.68. The number of aryl methyl sites for hydroxylation is 1. The first-order valence-corrected chi connectivity index (χ1v) is 6.67. The highest BCUT2D eigenvalue weighted by atomic mass is 14.9. The van der Waals surface area contributed by atoms with E-state index in [0.29, 0.717) is 5.41 Å². The van der Waals surface area contributed by atoms with Gasteiger partial charge in [0.25, 0.3) is 0 Å². The molecule has 1 saturated carbocycles. The Bertz CT molecular complexity index is 356. The van der Waals surface area contributed by atoms with E-state index < -0.39 is 0 Å². The Morgan fingerprint density at radius 3 is 2.76 bits per heavy atom. The van der Waals surface area contributed by atoms with Crippen LogP contribution in [0.25, 0.3) is 0 Å². The minimum atomic E-state index is 0.500. The van der Waals surface area contributed by atoms with Gasteiger partial charge in [-0.25, -0.2) is 9.97 Å². The zero-order valence-corrected chi connectivity index (χ0v) is 11.0. The van der Waals surface area contributed by atoms with Gasteiger partial charge in [-0.1, -0.05) is 26.2 Å². The highest BCUT2D eigenvalue weighted by Gasteiger charge is 2.25. The van der Waals surface area contributed by atoms with Gasteiger partial charge in [-0.05, 0) is 31.2 Å². The smallest absolute Gasteiger partial charge is 0.125 e. The third-order valence-electron chi connectivity index (χ3n) is 3.75. The average molecular weight is 233 g/mol. The minimum Gasteiger partial charge on any atom is -0.311 e. The van der Waals surface area contributed by atoms with Gasteiger partial charge in [0.1, 0.15) is 5.82 Å². The molecule has 0 aliphatic heterocycles. The maximum absolute atomic E-state index is 4.40. The molecule has 1 heterocycles. The second-order valence-corrected chi connectivity index (χ2v) is 5.57. The van der Waals surface area contributed by atoms with Gasteiger partial charge in [0.2, 0.25) is 0 Å². The summed E-state index contributed by atoms with van der Waals surface area (Å²) in [7, 11) is 0. The van der Waals surface area contributed by atoms with Crippen LogP contribution >= 0.6 is 0 Å². The Kier molecular flexibility index (Phi) is 4.11. The molecular formula is C14H23N3. The van der Waals surface area contributed by atoms with Crippen molar-refractivity contribution in [3.8, 4) is 0 Å². The molecule has 0 unspecified atom stereocenters. The van der Waals surface area contributed by atoms with E-state index in [4.69, 9.17) is 0 Å². The summed E-state index contributed by atoms with van der Waals surface area (Å²) in [4.78, 5) is 8.52. The van der Waals surface area contributed by atoms with E-state index in [1.54, 1.807) is 0 Å². The van der Waals surface area contributed by atoms with Crippen LogP contribution in [0.15, 0.2) is 12.3 Å². The molecule has 0 atom stereocenters. The molecule has 1 aromatic heterocycles. The molecule has 3 heteroatoms. The molecule has 2 rings (SSSR count). The standard InChI is InChI=1S/C14H23N3/c1-12-16-9-6-13(17-12)10-15-11-14(2)7-4-3-5-8-14/h6,9,15H,3-5,7-8,10-11H2,1-2H3. The molecule has 94 valence electrons. The number of rotatable bonds is 4. The van der Waals surface area contributed by atoms with E-state index in [2.05, 4.69) is 22.2 Å². The van der Waals surface area contributed by atoms with Gasteiger partial charge in [0.05, 0.1) is 5.69 Å². The molecule has 0 radical (unpaired) electrons. The zero-order chi connectivity index (χ0) is 12.1. The first-order valence-electron chi connectivity index (χ1n) is 6.67. The summed E-state index contributed by atoms with van der Waals surface area (Å²) < 4.78 is 0. The fraction of sp³-hybridized carbons (Fsp3) is 0.714. The lowest BCUT2D eigenvalue weighted by Crippen LogP contribution is -2.33. The summed E-state index contributed by atoms with van der Waals surface area (Å²) in [5, 5.41) is 3.55. The van der Waals surface area contributed by atoms with E-state index in [0.717, 1.165) is 24.6 Å². The van der Waals surface area contributed by atoms with E-state index in [9.17, 15) is 0 Å². The van der Waals surface area contributed by atoms with Crippen LogP contribution in [-0.2, 0) is 6.54 Å². The number of aromatic nitrogens is 2. The molecular weight excluding hydrogens is 210 g/mol. The Balaban J connectivity index is 1.79. The predicted octanol–water partition coefficient (Wildman–Crippen LogP) is 2.85. The third kappa shape index (κ3) is 3.77. The van der Waals surface area contributed by atoms with Crippen molar-refractivity contribution >= 4 is 0 Å². The molecule has 1 fully saturated rings. The zero-order valence-electron chi connectivity index (χ0n) is 11.0. The molecule has 0 amide bonds. The summed E-state index contributed by atoms with van der Waals surface area (Å²) in [6.07, 6.45) is 8.77. The van der Waals surface area contributed by atoms with Gasteiger partial charge < -0.3 is 5.32 Å². The molecule has 1 aromatic rings. The predicted molar refractivity (Wildman–Crippen MR) is 69.7 cm³/mol. The Morgan fingerprint density at radius 1 is 1.29 bits per heavy atom. The quantitative estimate of drug-likeness (QED) is 0.869. The lowest BCUT2D eigenvalue weighted by molar-refractivity contribution is 0.207. The maximum atomic E-state index is 4.40. The van der Waals surface area contributed by atoms with Crippen molar-refractivity contribution in [2.45, 2.75) is 52.5 Å². The van der Waals surface area contributed by atoms with E-state index in [1.807, 2.05) is 19.2 Å². The summed E-state index contributed by atoms with van der Waals surface area (Å²) in [5.41, 5.74) is 1.59. The van der Waals surface area contributed by atoms with Gasteiger partial charge in [0.15, 0.2) is 0 Å². The van der Waals surface area contributed by atoms with Gasteiger partial charge >= 0.3 is 0 Å². The van der Waals surface area contributed by atoms with E-state index in [-0.39, 0.29) is 0 Å². The monoisotopic (exact) mass is 233 g/mol. The van der Waals surface area contributed by atoms with Crippen LogP contribution < -0.4 is 5.32 Å². The molecule has 0 saturated heterocycles. The van der Waals surface area contributed by atoms with Crippen molar-refractivity contribution in [3.63, 3.8) is 0 Å². The summed E-state index contributed by atoms with van der Waals surface area (Å²) >= 11 is 0. The van der Waals surface area contributed by atoms with Gasteiger partial charge in [-0.3, -0.25) is 0 Å². The van der Waals surface area contributed by atoms with Gasteiger partial charge in [-0.15, -0.1) is 0 Å². The van der Waals surface area contributed by atoms with Crippen molar-refractivity contribution in [1.82, 2.24) is 15.3 Å². The van der Waals surface area contributed by atoms with Crippen molar-refractivity contribution in [2.75, 3.05) is 6.54 Å². The Hall–Kier alpha value is -0.960. The topological polar surface area (TPSA) is 37.8 Å². The lowest BCUT2D eigenvalue weighted by atomic mass is 9.76. The van der Waals surface area contributed by atoms with Gasteiger partial charge in [-0.2, -0.15) is 0 Å². The third-order valence-corrected chi connectivity index (χ3v) is 3.75. The molecule has 1 N–H and O–H groups in total. The molecule has 1 aliphatic carbocycles. The number of nitrogens with one attached hydrogen (secondary N) is 1. The molecule has 0 spiro atoms. The minimum absolute atomic E-state index is 0.500. The first kappa shape index (κ1) is 12.5. The molecule has 17 heavy (non-hydrogen) atoms. The van der Waals surface area contributed by atoms with Crippen LogP contribution in [0.3, 0.4) is 0 Å². The van der Waals surface area contributed by atoms with E-state index in [1.165, 1.54) is 32.1 Å². The van der Waals surface area contributed by atoms with Crippen molar-refractivity contribution in [1.29, 1.82) is 0 Å². The summed E-state index contributed by atoms with van der Waals surface area (Å²) in [5.74, 6) is 0.855. The van der Waals surface area contributed by atoms with Crippen molar-refractivity contribution in [2.24, 2.45) is 5.41 Å². The lowest BCUT2D eigenvalue weighted by Gasteiger charge is -2.33. The largest absolute Gasteiger partial charge is 0.311 e. The molecule has 0 bridgehead atoms. The Labute approximate surface area is 104 Å². The molecule has 0 aromatic carbocycles. The highest BCUT2D eigenvalue weighted by molar-refractivity contribution is 5.01. The van der Waals surface area contributed by atoms with Crippen LogP contribution in [-0.4, -0.2) is 16.5 Å². The summed E-state index contributed by atoms with van der Waals surface area (Å²) in [6, 6.07) is 1.99. The van der Waals surface area contributed by atoms with Crippen molar-refractivity contribution in [3.05, 3.63) is 23.8 Å². The SMILES string of the molecule is Cc1nccc(CNCC2(C)CCCCC2)n1. The van der Waals surface area contributed by atoms with Crippen LogP contribution in [0.4, 0.5) is 0 Å². The normalized spacial score (nSPS) is 19.2. The molecule has 3 nitrogen and oxygen atoms in total. The van der Waals surface area contributed by atoms with Crippen LogP contribution in [0.2, 0.25) is 0 Å². The van der Waals surface area contributed by atoms with Crippen LogP contribution in [0, 0.1) is 12.3 Å². The van der Waals surface area contributed by atoms with Crippen LogP contribution in [0.5, 0.6) is 0 Å². The second kappa shape index (κ2) is 5.58. The average Bonchev–Trinajstić information content (AvgIpc) is 2.30. The second-order valence-electron chi connectivity index (χ2n) is 5.57.